The average molecular weight is 422 g/mol. The molecule has 5 nitrogen and oxygen atoms in total. The van der Waals surface area contributed by atoms with Gasteiger partial charge in [0.1, 0.15) is 5.82 Å². The van der Waals surface area contributed by atoms with Gasteiger partial charge in [-0.1, -0.05) is 6.07 Å². The fourth-order valence-corrected chi connectivity index (χ4v) is 4.72. The molecule has 0 unspecified atom stereocenters. The molecule has 28 heavy (non-hydrogen) atoms. The molecule has 3 rings (SSSR count). The number of guanidine groups is 1. The van der Waals surface area contributed by atoms with Crippen LogP contribution in [0.4, 0.5) is 9.52 Å². The van der Waals surface area contributed by atoms with Crippen molar-refractivity contribution in [1.29, 1.82) is 0 Å². The minimum Gasteiger partial charge on any atom is -0.356 e. The van der Waals surface area contributed by atoms with Crippen LogP contribution in [-0.4, -0.2) is 43.9 Å². The van der Waals surface area contributed by atoms with E-state index in [-0.39, 0.29) is 5.82 Å². The Hall–Kier alpha value is -1.80. The summed E-state index contributed by atoms with van der Waals surface area (Å²) >= 11 is 3.43. The molecule has 2 N–H and O–H groups in total. The molecule has 0 amide bonds. The number of hydrogen-bond acceptors (Lipinski definition) is 5. The van der Waals surface area contributed by atoms with Crippen molar-refractivity contribution < 1.29 is 4.39 Å². The van der Waals surface area contributed by atoms with Crippen LogP contribution in [0.2, 0.25) is 0 Å². The van der Waals surface area contributed by atoms with Gasteiger partial charge in [-0.05, 0) is 42.4 Å². The number of aliphatic imine (C=N–C) groups is 1. The third kappa shape index (κ3) is 5.85. The fraction of sp³-hybridized carbons (Fsp3) is 0.500. The van der Waals surface area contributed by atoms with E-state index in [2.05, 4.69) is 25.9 Å². The van der Waals surface area contributed by atoms with Crippen molar-refractivity contribution >= 4 is 34.2 Å². The van der Waals surface area contributed by atoms with Crippen LogP contribution in [-0.2, 0) is 18.7 Å². The highest BCUT2D eigenvalue weighted by molar-refractivity contribution is 7.97. The normalized spacial score (nSPS) is 14.5. The molecule has 152 valence electrons. The maximum absolute atomic E-state index is 13.5. The molecular formula is C20H28FN5S2. The molecule has 0 aliphatic carbocycles. The second-order valence-corrected chi connectivity index (χ2v) is 8.47. The lowest BCUT2D eigenvalue weighted by Gasteiger charge is -2.14. The van der Waals surface area contributed by atoms with Gasteiger partial charge in [0.05, 0.1) is 5.69 Å². The lowest BCUT2D eigenvalue weighted by molar-refractivity contribution is 0.625. The highest BCUT2D eigenvalue weighted by atomic mass is 32.2. The summed E-state index contributed by atoms with van der Waals surface area (Å²) in [6.07, 6.45) is 5.42. The van der Waals surface area contributed by atoms with E-state index in [9.17, 15) is 4.39 Å². The van der Waals surface area contributed by atoms with Crippen molar-refractivity contribution in [1.82, 2.24) is 15.6 Å². The summed E-state index contributed by atoms with van der Waals surface area (Å²) in [5.41, 5.74) is 3.23. The molecule has 1 saturated heterocycles. The summed E-state index contributed by atoms with van der Waals surface area (Å²) in [6.45, 7) is 3.64. The van der Waals surface area contributed by atoms with E-state index < -0.39 is 0 Å². The SMILES string of the molecule is CN=C(NCCc1csc(N2CCCC2)n1)NCc1ccc(F)cc1CSC. The van der Waals surface area contributed by atoms with Gasteiger partial charge in [-0.2, -0.15) is 11.8 Å². The number of benzene rings is 1. The zero-order valence-corrected chi connectivity index (χ0v) is 18.1. The predicted molar refractivity (Wildman–Crippen MR) is 119 cm³/mol. The van der Waals surface area contributed by atoms with Crippen molar-refractivity contribution in [3.05, 3.63) is 46.2 Å². The smallest absolute Gasteiger partial charge is 0.191 e. The molecule has 2 heterocycles. The van der Waals surface area contributed by atoms with Crippen molar-refractivity contribution in [3.8, 4) is 0 Å². The molecule has 0 bridgehead atoms. The molecule has 1 aliphatic rings. The van der Waals surface area contributed by atoms with Gasteiger partial charge in [-0.3, -0.25) is 4.99 Å². The third-order valence-corrected chi connectivity index (χ3v) is 6.28. The summed E-state index contributed by atoms with van der Waals surface area (Å²) in [5, 5.41) is 9.96. The first-order valence-electron chi connectivity index (χ1n) is 9.59. The number of thioether (sulfide) groups is 1. The predicted octanol–water partition coefficient (Wildman–Crippen LogP) is 3.65. The maximum Gasteiger partial charge on any atom is 0.191 e. The first kappa shape index (κ1) is 20.9. The van der Waals surface area contributed by atoms with Crippen molar-refractivity contribution in [2.24, 2.45) is 4.99 Å². The van der Waals surface area contributed by atoms with E-state index in [1.54, 1.807) is 36.2 Å². The van der Waals surface area contributed by atoms with E-state index in [4.69, 9.17) is 4.98 Å². The second kappa shape index (κ2) is 10.7. The molecule has 0 spiro atoms. The molecule has 1 aromatic heterocycles. The van der Waals surface area contributed by atoms with Gasteiger partial charge >= 0.3 is 0 Å². The lowest BCUT2D eigenvalue weighted by atomic mass is 10.1. The Bertz CT molecular complexity index is 787. The van der Waals surface area contributed by atoms with Crippen molar-refractivity contribution in [3.63, 3.8) is 0 Å². The largest absolute Gasteiger partial charge is 0.356 e. The lowest BCUT2D eigenvalue weighted by Crippen LogP contribution is -2.38. The fourth-order valence-electron chi connectivity index (χ4n) is 3.23. The van der Waals surface area contributed by atoms with Crippen LogP contribution in [0.1, 0.15) is 29.7 Å². The Morgan fingerprint density at radius 2 is 2.11 bits per heavy atom. The second-order valence-electron chi connectivity index (χ2n) is 6.76. The van der Waals surface area contributed by atoms with Gasteiger partial charge in [0.15, 0.2) is 11.1 Å². The highest BCUT2D eigenvalue weighted by Gasteiger charge is 2.15. The third-order valence-electron chi connectivity index (χ3n) is 4.73. The molecule has 0 radical (unpaired) electrons. The number of nitrogens with zero attached hydrogens (tertiary/aromatic N) is 3. The minimum absolute atomic E-state index is 0.188. The van der Waals surface area contributed by atoms with Gasteiger partial charge in [0.25, 0.3) is 0 Å². The summed E-state index contributed by atoms with van der Waals surface area (Å²) in [6, 6.07) is 4.97. The minimum atomic E-state index is -0.188. The molecular weight excluding hydrogens is 393 g/mol. The first-order chi connectivity index (χ1) is 13.7. The monoisotopic (exact) mass is 421 g/mol. The van der Waals surface area contributed by atoms with Gasteiger partial charge in [-0.15, -0.1) is 11.3 Å². The molecule has 1 fully saturated rings. The zero-order chi connectivity index (χ0) is 19.8. The number of thiazole rings is 1. The topological polar surface area (TPSA) is 52.6 Å². The number of nitrogens with one attached hydrogen (secondary N) is 2. The Kier molecular flexibility index (Phi) is 7.97. The standard InChI is InChI=1S/C20H28FN5S2/c1-22-19(24-12-15-5-6-17(21)11-16(15)13-27-2)23-8-7-18-14-28-20(25-18)26-9-3-4-10-26/h5-6,11,14H,3-4,7-10,12-13H2,1-2H3,(H2,22,23,24). The zero-order valence-electron chi connectivity index (χ0n) is 16.5. The van der Waals surface area contributed by atoms with Gasteiger partial charge in [-0.25, -0.2) is 9.37 Å². The van der Waals surface area contributed by atoms with E-state index in [1.165, 1.54) is 18.9 Å². The first-order valence-corrected chi connectivity index (χ1v) is 11.9. The van der Waals surface area contributed by atoms with E-state index in [0.717, 1.165) is 59.7 Å². The van der Waals surface area contributed by atoms with Crippen molar-refractivity contribution in [2.45, 2.75) is 31.6 Å². The molecule has 2 aromatic rings. The Balaban J connectivity index is 1.46. The van der Waals surface area contributed by atoms with E-state index >= 15 is 0 Å². The molecule has 8 heteroatoms. The summed E-state index contributed by atoms with van der Waals surface area (Å²) < 4.78 is 13.5. The van der Waals surface area contributed by atoms with Crippen LogP contribution >= 0.6 is 23.1 Å². The summed E-state index contributed by atoms with van der Waals surface area (Å²) in [5.74, 6) is 1.35. The number of halogens is 1. The van der Waals surface area contributed by atoms with E-state index in [1.807, 2.05) is 12.3 Å². The average Bonchev–Trinajstić information content (AvgIpc) is 3.37. The van der Waals surface area contributed by atoms with Gasteiger partial charge in [0.2, 0.25) is 0 Å². The van der Waals surface area contributed by atoms with Crippen LogP contribution in [0, 0.1) is 5.82 Å². The van der Waals surface area contributed by atoms with Gasteiger partial charge in [0, 0.05) is 50.8 Å². The number of anilines is 1. The Morgan fingerprint density at radius 3 is 2.86 bits per heavy atom. The maximum atomic E-state index is 13.5. The molecule has 0 atom stereocenters. The van der Waals surface area contributed by atoms with Crippen LogP contribution in [0.25, 0.3) is 0 Å². The van der Waals surface area contributed by atoms with Gasteiger partial charge < -0.3 is 15.5 Å². The molecule has 1 aromatic carbocycles. The molecule has 0 saturated carbocycles. The van der Waals surface area contributed by atoms with Crippen LogP contribution in [0.3, 0.4) is 0 Å². The number of aromatic nitrogens is 1. The highest BCUT2D eigenvalue weighted by Crippen LogP contribution is 2.24. The number of hydrogen-bond donors (Lipinski definition) is 2. The van der Waals surface area contributed by atoms with Crippen molar-refractivity contribution in [2.75, 3.05) is 37.8 Å². The van der Waals surface area contributed by atoms with Crippen LogP contribution in [0.15, 0.2) is 28.6 Å². The Labute approximate surface area is 174 Å². The summed E-state index contributed by atoms with van der Waals surface area (Å²) in [7, 11) is 1.76. The van der Waals surface area contributed by atoms with E-state index in [0.29, 0.717) is 6.54 Å². The summed E-state index contributed by atoms with van der Waals surface area (Å²) in [4.78, 5) is 11.4. The quantitative estimate of drug-likeness (QED) is 0.503. The van der Waals surface area contributed by atoms with Crippen LogP contribution in [0.5, 0.6) is 0 Å². The van der Waals surface area contributed by atoms with Crippen LogP contribution < -0.4 is 15.5 Å². The Morgan fingerprint density at radius 1 is 1.29 bits per heavy atom. The number of rotatable bonds is 8. The molecule has 1 aliphatic heterocycles.